The predicted octanol–water partition coefficient (Wildman–Crippen LogP) is 1.32. The fourth-order valence-corrected chi connectivity index (χ4v) is 7.63. The molecule has 3 nitrogen and oxygen atoms in total. The monoisotopic (exact) mass is 314 g/mol. The van der Waals surface area contributed by atoms with E-state index in [2.05, 4.69) is 22.6 Å². The van der Waals surface area contributed by atoms with E-state index in [4.69, 9.17) is 4.18 Å². The molecule has 0 aromatic heterocycles. The summed E-state index contributed by atoms with van der Waals surface area (Å²) in [7, 11) is -3.25. The first kappa shape index (κ1) is 8.91. The maximum absolute atomic E-state index is 11.7. The zero-order valence-corrected chi connectivity index (χ0v) is 10.2. The standard InChI is InChI=1S/C8H11IO3S/c1-8-3-4-2-5(8)7(6(4)9)13(10,11)12-8/h4-7H,2-3H2,1H3. The zero-order valence-electron chi connectivity index (χ0n) is 7.23. The summed E-state index contributed by atoms with van der Waals surface area (Å²) in [6.45, 7) is 1.96. The fraction of sp³-hybridized carbons (Fsp3) is 1.00. The lowest BCUT2D eigenvalue weighted by molar-refractivity contribution is 0.0801. The summed E-state index contributed by atoms with van der Waals surface area (Å²) in [5, 5.41) is -0.211. The van der Waals surface area contributed by atoms with Gasteiger partial charge in [-0.3, -0.25) is 4.18 Å². The molecule has 3 rings (SSSR count). The lowest BCUT2D eigenvalue weighted by atomic mass is 9.86. The molecule has 1 aliphatic heterocycles. The van der Waals surface area contributed by atoms with Gasteiger partial charge in [0.25, 0.3) is 10.1 Å². The maximum Gasteiger partial charge on any atom is 0.272 e. The smallest absolute Gasteiger partial charge is 0.263 e. The molecule has 5 unspecified atom stereocenters. The van der Waals surface area contributed by atoms with Gasteiger partial charge in [-0.25, -0.2) is 0 Å². The van der Waals surface area contributed by atoms with Crippen molar-refractivity contribution in [3.63, 3.8) is 0 Å². The molecule has 1 heterocycles. The number of halogens is 1. The Morgan fingerprint density at radius 3 is 2.77 bits per heavy atom. The highest BCUT2D eigenvalue weighted by Crippen LogP contribution is 2.62. The van der Waals surface area contributed by atoms with E-state index in [1.54, 1.807) is 0 Å². The minimum absolute atomic E-state index is 0.211. The third kappa shape index (κ3) is 0.911. The van der Waals surface area contributed by atoms with Crippen molar-refractivity contribution in [1.82, 2.24) is 0 Å². The van der Waals surface area contributed by atoms with Gasteiger partial charge < -0.3 is 0 Å². The summed E-state index contributed by atoms with van der Waals surface area (Å²) in [6.07, 6.45) is 1.98. The number of fused-ring (bicyclic) bond motifs is 1. The van der Waals surface area contributed by atoms with E-state index in [-0.39, 0.29) is 20.7 Å². The van der Waals surface area contributed by atoms with Gasteiger partial charge >= 0.3 is 0 Å². The largest absolute Gasteiger partial charge is 0.272 e. The predicted molar refractivity (Wildman–Crippen MR) is 56.2 cm³/mol. The van der Waals surface area contributed by atoms with Crippen LogP contribution in [0.15, 0.2) is 0 Å². The van der Waals surface area contributed by atoms with Crippen molar-refractivity contribution in [2.45, 2.75) is 34.5 Å². The van der Waals surface area contributed by atoms with Crippen LogP contribution in [-0.2, 0) is 14.3 Å². The Bertz CT molecular complexity index is 366. The van der Waals surface area contributed by atoms with Crippen LogP contribution in [-0.4, -0.2) is 23.2 Å². The summed E-state index contributed by atoms with van der Waals surface area (Å²) in [6, 6.07) is 0. The van der Waals surface area contributed by atoms with Gasteiger partial charge in [0.1, 0.15) is 5.25 Å². The first-order valence-corrected chi connectivity index (χ1v) is 7.24. The van der Waals surface area contributed by atoms with Crippen molar-refractivity contribution < 1.29 is 12.6 Å². The number of alkyl halides is 1. The number of hydrogen-bond acceptors (Lipinski definition) is 3. The van der Waals surface area contributed by atoms with Gasteiger partial charge in [0, 0.05) is 9.84 Å². The lowest BCUT2D eigenvalue weighted by Crippen LogP contribution is -2.37. The van der Waals surface area contributed by atoms with E-state index in [0.29, 0.717) is 5.92 Å². The van der Waals surface area contributed by atoms with Gasteiger partial charge in [0.15, 0.2) is 0 Å². The second-order valence-electron chi connectivity index (χ2n) is 4.60. The minimum Gasteiger partial charge on any atom is -0.263 e. The van der Waals surface area contributed by atoms with Crippen molar-refractivity contribution in [2.24, 2.45) is 11.8 Å². The maximum atomic E-state index is 11.7. The molecule has 2 saturated carbocycles. The molecule has 3 aliphatic rings. The average molecular weight is 314 g/mol. The fourth-order valence-electron chi connectivity index (χ4n) is 3.32. The van der Waals surface area contributed by atoms with Crippen molar-refractivity contribution in [1.29, 1.82) is 0 Å². The molecule has 3 fully saturated rings. The molecule has 0 aromatic rings. The molecular weight excluding hydrogens is 303 g/mol. The van der Waals surface area contributed by atoms with Crippen molar-refractivity contribution in [2.75, 3.05) is 0 Å². The Labute approximate surface area is 91.5 Å². The van der Waals surface area contributed by atoms with Gasteiger partial charge in [-0.2, -0.15) is 8.42 Å². The Hall–Kier alpha value is 0.640. The quantitative estimate of drug-likeness (QED) is 0.385. The molecule has 74 valence electrons. The van der Waals surface area contributed by atoms with Crippen LogP contribution >= 0.6 is 22.6 Å². The summed E-state index contributed by atoms with van der Waals surface area (Å²) < 4.78 is 28.9. The summed E-state index contributed by atoms with van der Waals surface area (Å²) >= 11 is 2.29. The highest BCUT2D eigenvalue weighted by molar-refractivity contribution is 14.1. The van der Waals surface area contributed by atoms with E-state index in [1.165, 1.54) is 0 Å². The summed E-state index contributed by atoms with van der Waals surface area (Å²) in [5.74, 6) is 0.835. The molecule has 0 N–H and O–H groups in total. The number of hydrogen-bond donors (Lipinski definition) is 0. The molecule has 0 spiro atoms. The first-order chi connectivity index (χ1) is 5.94. The van der Waals surface area contributed by atoms with Crippen molar-refractivity contribution >= 4 is 32.7 Å². The van der Waals surface area contributed by atoms with Crippen LogP contribution < -0.4 is 0 Å². The number of rotatable bonds is 0. The Kier molecular flexibility index (Phi) is 1.54. The summed E-state index contributed by atoms with van der Waals surface area (Å²) in [4.78, 5) is 0. The topological polar surface area (TPSA) is 43.4 Å². The average Bonchev–Trinajstić information content (AvgIpc) is 2.43. The molecular formula is C8H11IO3S. The molecule has 2 aliphatic carbocycles. The van der Waals surface area contributed by atoms with Crippen LogP contribution in [0, 0.1) is 11.8 Å². The summed E-state index contributed by atoms with van der Waals surface area (Å²) in [5.41, 5.74) is -0.351. The van der Waals surface area contributed by atoms with Crippen LogP contribution in [0.4, 0.5) is 0 Å². The molecule has 5 heteroatoms. The van der Waals surface area contributed by atoms with Gasteiger partial charge in [-0.05, 0) is 25.7 Å². The molecule has 1 saturated heterocycles. The van der Waals surface area contributed by atoms with Gasteiger partial charge in [-0.15, -0.1) is 0 Å². The van der Waals surface area contributed by atoms with E-state index >= 15 is 0 Å². The Balaban J connectivity index is 2.18. The SMILES string of the molecule is CC12CC3CC1C(C3I)S(=O)(=O)O2. The van der Waals surface area contributed by atoms with Gasteiger partial charge in [0.2, 0.25) is 0 Å². The highest BCUT2D eigenvalue weighted by Gasteiger charge is 2.69. The van der Waals surface area contributed by atoms with Gasteiger partial charge in [-0.1, -0.05) is 22.6 Å². The second-order valence-corrected chi connectivity index (χ2v) is 7.74. The van der Waals surface area contributed by atoms with E-state index in [0.717, 1.165) is 12.8 Å². The van der Waals surface area contributed by atoms with Crippen molar-refractivity contribution in [3.05, 3.63) is 0 Å². The van der Waals surface area contributed by atoms with E-state index < -0.39 is 10.1 Å². The first-order valence-electron chi connectivity index (χ1n) is 4.53. The molecule has 0 aromatic carbocycles. The third-order valence-electron chi connectivity index (χ3n) is 3.81. The van der Waals surface area contributed by atoms with Crippen molar-refractivity contribution in [3.8, 4) is 0 Å². The van der Waals surface area contributed by atoms with Crippen LogP contribution in [0.5, 0.6) is 0 Å². The van der Waals surface area contributed by atoms with E-state index in [9.17, 15) is 8.42 Å². The normalized spacial score (nSPS) is 61.7. The molecule has 2 bridgehead atoms. The third-order valence-corrected chi connectivity index (χ3v) is 7.99. The Morgan fingerprint density at radius 1 is 1.54 bits per heavy atom. The molecule has 0 amide bonds. The molecule has 5 atom stereocenters. The van der Waals surface area contributed by atoms with Crippen LogP contribution in [0.1, 0.15) is 19.8 Å². The zero-order chi connectivity index (χ0) is 9.43. The van der Waals surface area contributed by atoms with Crippen LogP contribution in [0.2, 0.25) is 0 Å². The van der Waals surface area contributed by atoms with Crippen LogP contribution in [0.25, 0.3) is 0 Å². The minimum atomic E-state index is -3.25. The van der Waals surface area contributed by atoms with E-state index in [1.807, 2.05) is 6.92 Å². The Morgan fingerprint density at radius 2 is 2.23 bits per heavy atom. The lowest BCUT2D eigenvalue weighted by Gasteiger charge is -2.26. The van der Waals surface area contributed by atoms with Gasteiger partial charge in [0.05, 0.1) is 5.60 Å². The van der Waals surface area contributed by atoms with Crippen LogP contribution in [0.3, 0.4) is 0 Å². The second kappa shape index (κ2) is 2.24. The molecule has 0 radical (unpaired) electrons. The highest BCUT2D eigenvalue weighted by atomic mass is 127. The molecule has 13 heavy (non-hydrogen) atoms.